The monoisotopic (exact) mass is 978 g/mol. The maximum absolute atomic E-state index is 12.7. The van der Waals surface area contributed by atoms with Gasteiger partial charge in [0.25, 0.3) is 0 Å². The highest BCUT2D eigenvalue weighted by molar-refractivity contribution is 6.03. The zero-order chi connectivity index (χ0) is 53.9. The molecule has 384 valence electrons. The van der Waals surface area contributed by atoms with Crippen LogP contribution in [0.4, 0.5) is 32.3 Å². The first-order chi connectivity index (χ1) is 32.1. The lowest BCUT2D eigenvalue weighted by atomic mass is 10.0. The molecule has 0 radical (unpaired) electrons. The molecule has 4 amide bonds. The summed E-state index contributed by atoms with van der Waals surface area (Å²) in [6, 6.07) is 14.1. The van der Waals surface area contributed by atoms with Gasteiger partial charge < -0.3 is 56.1 Å². The largest absolute Gasteiger partial charge is 0.465 e. The van der Waals surface area contributed by atoms with Crippen LogP contribution in [-0.4, -0.2) is 126 Å². The van der Waals surface area contributed by atoms with Gasteiger partial charge in [-0.05, 0) is 145 Å². The molecule has 0 bridgehead atoms. The molecule has 8 N–H and O–H groups in total. The van der Waals surface area contributed by atoms with Crippen LogP contribution in [0.5, 0.6) is 0 Å². The van der Waals surface area contributed by atoms with Gasteiger partial charge in [-0.2, -0.15) is 0 Å². The van der Waals surface area contributed by atoms with Crippen molar-refractivity contribution in [1.29, 1.82) is 0 Å². The lowest BCUT2D eigenvalue weighted by molar-refractivity contribution is -0.125. The van der Waals surface area contributed by atoms with Crippen molar-refractivity contribution >= 4 is 75.7 Å². The Hall–Kier alpha value is -7.42. The molecule has 0 atom stereocenters. The van der Waals surface area contributed by atoms with Crippen molar-refractivity contribution in [2.75, 3.05) is 64.6 Å². The van der Waals surface area contributed by atoms with Crippen molar-refractivity contribution in [3.05, 3.63) is 77.1 Å². The summed E-state index contributed by atoms with van der Waals surface area (Å²) in [5.41, 5.74) is 11.5. The van der Waals surface area contributed by atoms with E-state index in [2.05, 4.69) is 35.4 Å². The van der Waals surface area contributed by atoms with Gasteiger partial charge in [0.15, 0.2) is 0 Å². The van der Waals surface area contributed by atoms with Crippen molar-refractivity contribution in [2.45, 2.75) is 111 Å². The Morgan fingerprint density at radius 2 is 0.957 bits per heavy atom. The fraction of sp³-hybridized carbons (Fsp3) is 0.469. The number of aromatic amines is 1. The number of nitrogens with two attached hydrogens (primary N) is 2. The number of aromatic nitrogens is 2. The van der Waals surface area contributed by atoms with Crippen molar-refractivity contribution in [3.63, 3.8) is 0 Å². The summed E-state index contributed by atoms with van der Waals surface area (Å²) < 4.78 is 24.6. The van der Waals surface area contributed by atoms with Gasteiger partial charge in [-0.3, -0.25) is 19.4 Å². The first-order valence-electron chi connectivity index (χ1n) is 21.9. The summed E-state index contributed by atoms with van der Waals surface area (Å²) in [6.07, 6.45) is -1.25. The lowest BCUT2D eigenvalue weighted by Gasteiger charge is -2.35. The highest BCUT2D eigenvalue weighted by atomic mass is 16.6. The Balaban J connectivity index is 0.000000366. The van der Waals surface area contributed by atoms with Crippen LogP contribution in [0.15, 0.2) is 54.6 Å². The van der Waals surface area contributed by atoms with Gasteiger partial charge >= 0.3 is 30.1 Å². The Morgan fingerprint density at radius 1 is 0.557 bits per heavy atom. The number of imidazole rings is 1. The summed E-state index contributed by atoms with van der Waals surface area (Å²) in [5.74, 6) is -1.53. The number of rotatable bonds is 11. The molecule has 1 aromatic heterocycles. The normalized spacial score (nSPS) is 11.6. The van der Waals surface area contributed by atoms with E-state index >= 15 is 0 Å². The van der Waals surface area contributed by atoms with Crippen LogP contribution in [0.25, 0.3) is 11.0 Å². The van der Waals surface area contributed by atoms with Crippen LogP contribution < -0.4 is 27.4 Å². The summed E-state index contributed by atoms with van der Waals surface area (Å²) >= 11 is 0. The Kier molecular flexibility index (Phi) is 19.5. The molecule has 0 aliphatic carbocycles. The highest BCUT2D eigenvalue weighted by Gasteiger charge is 2.39. The second kappa shape index (κ2) is 23.3. The molecule has 0 aliphatic rings. The van der Waals surface area contributed by atoms with Crippen molar-refractivity contribution in [2.24, 2.45) is 0 Å². The number of carbonyl (C=O) groups excluding carboxylic acids is 7. The minimum atomic E-state index is -1.23. The third kappa shape index (κ3) is 15.8. The number of anilines is 4. The zero-order valence-corrected chi connectivity index (χ0v) is 43.6. The Labute approximate surface area is 409 Å². The van der Waals surface area contributed by atoms with Crippen molar-refractivity contribution in [1.82, 2.24) is 25.1 Å². The fourth-order valence-corrected chi connectivity index (χ4v) is 5.47. The van der Waals surface area contributed by atoms with Gasteiger partial charge in [0, 0.05) is 14.1 Å². The summed E-state index contributed by atoms with van der Waals surface area (Å²) in [5, 5.41) is 8.50. The van der Waals surface area contributed by atoms with Crippen molar-refractivity contribution in [3.8, 4) is 0 Å². The second-order valence-electron chi connectivity index (χ2n) is 19.4. The SMILES string of the molecule is CNC(C)(C)c1nc2ccc(C(=O)OC)cc2[nH]1.COC(=O)c1ccc(N)c(NC(=O)C(C)(C)N(C)C(=O)OC(C)(C)C)c1.COC(=O)c1ccc(NC(=O)C(C)(C)N(C)C(=O)OC(C)(C)C)c(N)c1. The number of nitrogens with zero attached hydrogens (tertiary/aromatic N) is 3. The van der Waals surface area contributed by atoms with Crippen LogP contribution in [0.3, 0.4) is 0 Å². The number of hydrogen-bond acceptors (Lipinski definition) is 16. The molecule has 1 heterocycles. The van der Waals surface area contributed by atoms with Gasteiger partial charge in [-0.15, -0.1) is 0 Å². The zero-order valence-electron chi connectivity index (χ0n) is 43.6. The van der Waals surface area contributed by atoms with E-state index in [1.807, 2.05) is 27.0 Å². The molecule has 3 aromatic carbocycles. The molecule has 21 heteroatoms. The van der Waals surface area contributed by atoms with Crippen LogP contribution in [0.1, 0.15) is 120 Å². The van der Waals surface area contributed by atoms with E-state index in [1.165, 1.54) is 81.6 Å². The molecule has 0 aliphatic heterocycles. The molecule has 21 nitrogen and oxygen atoms in total. The molecule has 0 spiro atoms. The van der Waals surface area contributed by atoms with Gasteiger partial charge in [-0.1, -0.05) is 0 Å². The molecular weight excluding hydrogens is 907 g/mol. The molecular formula is C49H71N9O12. The van der Waals surface area contributed by atoms with E-state index in [9.17, 15) is 33.6 Å². The lowest BCUT2D eigenvalue weighted by Crippen LogP contribution is -2.54. The second-order valence-corrected chi connectivity index (χ2v) is 19.4. The molecule has 0 unspecified atom stereocenters. The number of nitrogens with one attached hydrogen (secondary N) is 4. The number of fused-ring (bicyclic) bond motifs is 1. The number of likely N-dealkylation sites (N-methyl/N-ethyl adjacent to an activating group) is 2. The summed E-state index contributed by atoms with van der Waals surface area (Å²) in [7, 11) is 8.74. The minimum Gasteiger partial charge on any atom is -0.465 e. The smallest absolute Gasteiger partial charge is 0.410 e. The van der Waals surface area contributed by atoms with Gasteiger partial charge in [-0.25, -0.2) is 29.0 Å². The molecule has 0 fully saturated rings. The third-order valence-corrected chi connectivity index (χ3v) is 10.7. The number of benzene rings is 3. The van der Waals surface area contributed by atoms with E-state index in [-0.39, 0.29) is 39.7 Å². The Morgan fingerprint density at radius 3 is 1.37 bits per heavy atom. The number of carbonyl (C=O) groups is 7. The first-order valence-corrected chi connectivity index (χ1v) is 21.9. The first kappa shape index (κ1) is 58.7. The van der Waals surface area contributed by atoms with Crippen LogP contribution in [0.2, 0.25) is 0 Å². The number of ether oxygens (including phenoxy) is 5. The topological polar surface area (TPSA) is 289 Å². The average Bonchev–Trinajstić information content (AvgIpc) is 3.73. The van der Waals surface area contributed by atoms with Crippen LogP contribution in [-0.2, 0) is 38.8 Å². The molecule has 4 rings (SSSR count). The predicted molar refractivity (Wildman–Crippen MR) is 267 cm³/mol. The van der Waals surface area contributed by atoms with Gasteiger partial charge in [0.05, 0.1) is 77.3 Å². The maximum Gasteiger partial charge on any atom is 0.410 e. The number of hydrogen-bond donors (Lipinski definition) is 6. The van der Waals surface area contributed by atoms with Gasteiger partial charge in [0.1, 0.15) is 28.1 Å². The molecule has 70 heavy (non-hydrogen) atoms. The highest BCUT2D eigenvalue weighted by Crippen LogP contribution is 2.27. The average molecular weight is 978 g/mol. The number of esters is 3. The summed E-state index contributed by atoms with van der Waals surface area (Å²) in [6.45, 7) is 20.9. The summed E-state index contributed by atoms with van der Waals surface area (Å²) in [4.78, 5) is 94.6. The van der Waals surface area contributed by atoms with Gasteiger partial charge in [0.2, 0.25) is 11.8 Å². The third-order valence-electron chi connectivity index (χ3n) is 10.7. The van der Waals surface area contributed by atoms with Crippen molar-refractivity contribution < 1.29 is 57.2 Å². The standard InChI is InChI=1S/2C18H27N3O5.C13H17N3O2/c1-17(2,3)26-16(24)21(6)18(4,5)15(23)20-13-9-8-11(10-12(13)19)14(22)25-7;1-17(2,3)26-16(24)21(6)18(4,5)15(23)20-13-10-11(14(22)25-7)8-9-12(13)19;1-13(2,14-3)12-15-9-6-5-8(11(17)18-4)7-10(9)16-12/h2*8-10H,19H2,1-7H3,(H,20,23);5-7,14H,1-4H3,(H,15,16). The number of H-pyrrole nitrogens is 1. The molecule has 0 saturated carbocycles. The van der Waals surface area contributed by atoms with E-state index in [0.717, 1.165) is 16.9 Å². The van der Waals surface area contributed by atoms with Crippen LogP contribution in [0, 0.1) is 0 Å². The van der Waals surface area contributed by atoms with E-state index in [0.29, 0.717) is 11.3 Å². The number of nitrogen functional groups attached to an aromatic ring is 2. The number of methoxy groups -OCH3 is 3. The quantitative estimate of drug-likeness (QED) is 0.0497. The predicted octanol–water partition coefficient (Wildman–Crippen LogP) is 7.08. The maximum atomic E-state index is 12.7. The van der Waals surface area contributed by atoms with E-state index in [4.69, 9.17) is 25.7 Å². The number of amides is 4. The minimum absolute atomic E-state index is 0.206. The Bertz CT molecular complexity index is 2550. The molecule has 4 aromatic rings. The molecule has 0 saturated heterocycles. The van der Waals surface area contributed by atoms with E-state index in [1.54, 1.807) is 81.4 Å². The van der Waals surface area contributed by atoms with Crippen LogP contribution >= 0.6 is 0 Å². The fourth-order valence-electron chi connectivity index (χ4n) is 5.47. The van der Waals surface area contributed by atoms with E-state index < -0.39 is 58.2 Å².